The first-order valence-corrected chi connectivity index (χ1v) is 10.9. The third-order valence-corrected chi connectivity index (χ3v) is 5.57. The Balaban J connectivity index is 1.32. The Morgan fingerprint density at radius 2 is 1.80 bits per heavy atom. The zero-order valence-corrected chi connectivity index (χ0v) is 18.2. The largest absolute Gasteiger partial charge is 0.362 e. The van der Waals surface area contributed by atoms with Crippen LogP contribution >= 0.6 is 23.8 Å². The van der Waals surface area contributed by atoms with Gasteiger partial charge in [0.2, 0.25) is 5.95 Å². The van der Waals surface area contributed by atoms with Gasteiger partial charge in [0.15, 0.2) is 5.11 Å². The highest BCUT2D eigenvalue weighted by Gasteiger charge is 2.18. The van der Waals surface area contributed by atoms with E-state index in [-0.39, 0.29) is 0 Å². The molecule has 0 fully saturated rings. The standard InChI is InChI=1S/C23H24ClN5S/c24-20-15-21(29-14-12-18-10-4-5-11-19(18)16-29)27-22(26-20)28-23(30)25-13-6-9-17-7-2-1-3-8-17/h1-5,7-8,10-11,15H,6,9,12-14,16H2,(H2,25,26,27,28,30). The summed E-state index contributed by atoms with van der Waals surface area (Å²) >= 11 is 11.7. The van der Waals surface area contributed by atoms with Crippen LogP contribution < -0.4 is 15.5 Å². The molecule has 4 rings (SSSR count). The van der Waals surface area contributed by atoms with E-state index in [9.17, 15) is 0 Å². The molecule has 154 valence electrons. The highest BCUT2D eigenvalue weighted by atomic mass is 35.5. The highest BCUT2D eigenvalue weighted by molar-refractivity contribution is 7.80. The van der Waals surface area contributed by atoms with Crippen molar-refractivity contribution in [2.75, 3.05) is 23.3 Å². The van der Waals surface area contributed by atoms with Crippen LogP contribution in [-0.2, 0) is 19.4 Å². The van der Waals surface area contributed by atoms with Crippen LogP contribution in [0.25, 0.3) is 0 Å². The minimum absolute atomic E-state index is 0.397. The quantitative estimate of drug-likeness (QED) is 0.333. The number of nitrogens with zero attached hydrogens (tertiary/aromatic N) is 3. The van der Waals surface area contributed by atoms with Crippen molar-refractivity contribution >= 4 is 40.7 Å². The summed E-state index contributed by atoms with van der Waals surface area (Å²) in [7, 11) is 0. The Morgan fingerprint density at radius 3 is 2.63 bits per heavy atom. The third-order valence-electron chi connectivity index (χ3n) is 5.13. The van der Waals surface area contributed by atoms with E-state index >= 15 is 0 Å². The lowest BCUT2D eigenvalue weighted by Crippen LogP contribution is -2.32. The van der Waals surface area contributed by atoms with Gasteiger partial charge in [0.1, 0.15) is 11.0 Å². The van der Waals surface area contributed by atoms with Crippen molar-refractivity contribution in [3.8, 4) is 0 Å². The van der Waals surface area contributed by atoms with Gasteiger partial charge in [0, 0.05) is 25.7 Å². The van der Waals surface area contributed by atoms with E-state index in [1.807, 2.05) is 6.07 Å². The second-order valence-electron chi connectivity index (χ2n) is 7.28. The number of fused-ring (bicyclic) bond motifs is 1. The number of aryl methyl sites for hydroxylation is 1. The van der Waals surface area contributed by atoms with E-state index in [1.54, 1.807) is 6.07 Å². The van der Waals surface area contributed by atoms with Crippen molar-refractivity contribution < 1.29 is 0 Å². The predicted molar refractivity (Wildman–Crippen MR) is 127 cm³/mol. The van der Waals surface area contributed by atoms with Crippen LogP contribution in [-0.4, -0.2) is 28.2 Å². The summed E-state index contributed by atoms with van der Waals surface area (Å²) in [5.41, 5.74) is 4.04. The lowest BCUT2D eigenvalue weighted by Gasteiger charge is -2.30. The molecule has 0 saturated heterocycles. The number of rotatable bonds is 6. The second kappa shape index (κ2) is 9.87. The fraction of sp³-hybridized carbons (Fsp3) is 0.261. The van der Waals surface area contributed by atoms with Crippen LogP contribution in [0.15, 0.2) is 60.7 Å². The van der Waals surface area contributed by atoms with Crippen molar-refractivity contribution in [2.24, 2.45) is 0 Å². The molecule has 30 heavy (non-hydrogen) atoms. The van der Waals surface area contributed by atoms with Crippen LogP contribution in [0.1, 0.15) is 23.1 Å². The van der Waals surface area contributed by atoms with E-state index in [0.717, 1.165) is 44.7 Å². The van der Waals surface area contributed by atoms with Gasteiger partial charge in [0.05, 0.1) is 0 Å². The number of hydrogen-bond donors (Lipinski definition) is 2. The van der Waals surface area contributed by atoms with Crippen molar-refractivity contribution in [1.29, 1.82) is 0 Å². The van der Waals surface area contributed by atoms with Gasteiger partial charge >= 0.3 is 0 Å². The van der Waals surface area contributed by atoms with Gasteiger partial charge in [-0.15, -0.1) is 0 Å². The molecular weight excluding hydrogens is 414 g/mol. The predicted octanol–water partition coefficient (Wildman–Crippen LogP) is 4.61. The van der Waals surface area contributed by atoms with Gasteiger partial charge in [-0.25, -0.2) is 4.98 Å². The monoisotopic (exact) mass is 437 g/mol. The van der Waals surface area contributed by atoms with Gasteiger partial charge in [0.25, 0.3) is 0 Å². The minimum Gasteiger partial charge on any atom is -0.362 e. The Morgan fingerprint density at radius 1 is 1.03 bits per heavy atom. The SMILES string of the molecule is S=C(NCCCc1ccccc1)Nc1nc(Cl)cc(N2CCc3ccccc3C2)n1. The molecule has 7 heteroatoms. The van der Waals surface area contributed by atoms with Crippen molar-refractivity contribution in [3.05, 3.63) is 82.5 Å². The molecule has 2 heterocycles. The topological polar surface area (TPSA) is 53.1 Å². The number of benzene rings is 2. The average Bonchev–Trinajstić information content (AvgIpc) is 2.77. The molecule has 0 aliphatic carbocycles. The first kappa shape index (κ1) is 20.6. The number of aromatic nitrogens is 2. The fourth-order valence-corrected chi connectivity index (χ4v) is 3.97. The molecule has 0 unspecified atom stereocenters. The first-order valence-electron chi connectivity index (χ1n) is 10.1. The molecule has 0 amide bonds. The van der Waals surface area contributed by atoms with Crippen molar-refractivity contribution in [1.82, 2.24) is 15.3 Å². The van der Waals surface area contributed by atoms with E-state index in [0.29, 0.717) is 16.2 Å². The number of halogens is 1. The molecule has 5 nitrogen and oxygen atoms in total. The van der Waals surface area contributed by atoms with Crippen LogP contribution in [0.5, 0.6) is 0 Å². The molecule has 2 aromatic carbocycles. The zero-order chi connectivity index (χ0) is 20.8. The fourth-order valence-electron chi connectivity index (χ4n) is 3.60. The molecule has 1 aliphatic heterocycles. The number of thiocarbonyl (C=S) groups is 1. The number of anilines is 2. The molecule has 1 aromatic heterocycles. The maximum Gasteiger partial charge on any atom is 0.232 e. The van der Waals surface area contributed by atoms with E-state index in [1.165, 1.54) is 16.7 Å². The Hall–Kier alpha value is -2.70. The molecular formula is C23H24ClN5S. The van der Waals surface area contributed by atoms with E-state index in [2.05, 4.69) is 74.0 Å². The molecule has 2 N–H and O–H groups in total. The summed E-state index contributed by atoms with van der Waals surface area (Å²) in [5, 5.41) is 7.18. The van der Waals surface area contributed by atoms with E-state index in [4.69, 9.17) is 23.8 Å². The Bertz CT molecular complexity index is 1010. The van der Waals surface area contributed by atoms with Crippen molar-refractivity contribution in [2.45, 2.75) is 25.8 Å². The number of nitrogens with one attached hydrogen (secondary N) is 2. The van der Waals surface area contributed by atoms with Crippen molar-refractivity contribution in [3.63, 3.8) is 0 Å². The Labute approximate surface area is 187 Å². The minimum atomic E-state index is 0.397. The van der Waals surface area contributed by atoms with Gasteiger partial charge in [-0.2, -0.15) is 4.98 Å². The van der Waals surface area contributed by atoms with E-state index < -0.39 is 0 Å². The maximum absolute atomic E-state index is 6.27. The van der Waals surface area contributed by atoms with Gasteiger partial charge in [-0.3, -0.25) is 0 Å². The van der Waals surface area contributed by atoms with Gasteiger partial charge < -0.3 is 15.5 Å². The van der Waals surface area contributed by atoms with Gasteiger partial charge in [-0.1, -0.05) is 66.2 Å². The molecule has 0 saturated carbocycles. The molecule has 0 spiro atoms. The summed E-state index contributed by atoms with van der Waals surface area (Å²) in [6.07, 6.45) is 2.98. The van der Waals surface area contributed by atoms with Crippen LogP contribution in [0.3, 0.4) is 0 Å². The number of hydrogen-bond acceptors (Lipinski definition) is 4. The highest BCUT2D eigenvalue weighted by Crippen LogP contribution is 2.25. The zero-order valence-electron chi connectivity index (χ0n) is 16.6. The normalized spacial score (nSPS) is 12.9. The smallest absolute Gasteiger partial charge is 0.232 e. The average molecular weight is 438 g/mol. The van der Waals surface area contributed by atoms with Crippen LogP contribution in [0, 0.1) is 0 Å². The molecule has 3 aromatic rings. The second-order valence-corrected chi connectivity index (χ2v) is 8.08. The van der Waals surface area contributed by atoms with Crippen LogP contribution in [0.2, 0.25) is 5.15 Å². The molecule has 1 aliphatic rings. The first-order chi connectivity index (χ1) is 14.7. The third kappa shape index (κ3) is 5.46. The summed E-state index contributed by atoms with van der Waals surface area (Å²) in [4.78, 5) is 11.1. The summed E-state index contributed by atoms with van der Waals surface area (Å²) in [6, 6.07) is 20.7. The lowest BCUT2D eigenvalue weighted by atomic mass is 10.00. The maximum atomic E-state index is 6.27. The van der Waals surface area contributed by atoms with Crippen LogP contribution in [0.4, 0.5) is 11.8 Å². The molecule has 0 radical (unpaired) electrons. The summed E-state index contributed by atoms with van der Waals surface area (Å²) in [5.74, 6) is 1.22. The van der Waals surface area contributed by atoms with Gasteiger partial charge in [-0.05, 0) is 48.2 Å². The molecule has 0 atom stereocenters. The molecule has 0 bridgehead atoms. The summed E-state index contributed by atoms with van der Waals surface area (Å²) < 4.78 is 0. The summed E-state index contributed by atoms with van der Waals surface area (Å²) in [6.45, 7) is 2.48. The Kier molecular flexibility index (Phi) is 6.77. The lowest BCUT2D eigenvalue weighted by molar-refractivity contribution is 0.720.